The Morgan fingerprint density at radius 2 is 1.60 bits per heavy atom. The summed E-state index contributed by atoms with van der Waals surface area (Å²) in [7, 11) is 5.96. The molecule has 0 saturated carbocycles. The van der Waals surface area contributed by atoms with Crippen LogP contribution in [0, 0.1) is 0 Å². The van der Waals surface area contributed by atoms with Gasteiger partial charge >= 0.3 is 0 Å². The Morgan fingerprint density at radius 3 is 2.45 bits per heavy atom. The van der Waals surface area contributed by atoms with Crippen molar-refractivity contribution in [2.75, 3.05) is 0 Å². The standard InChI is InChI=1S/C17H11BN2/c18-12-8-9-14-13-5-1-2-6-15(13)20(16(14)11-12)17-7-3-4-10-19-17/h1-11H. The highest BCUT2D eigenvalue weighted by Gasteiger charge is 2.11. The van der Waals surface area contributed by atoms with Crippen LogP contribution in [0.4, 0.5) is 0 Å². The van der Waals surface area contributed by atoms with E-state index in [1.807, 2.05) is 42.6 Å². The molecule has 2 aromatic heterocycles. The van der Waals surface area contributed by atoms with Gasteiger partial charge in [0.15, 0.2) is 0 Å². The van der Waals surface area contributed by atoms with E-state index in [2.05, 4.69) is 33.8 Å². The van der Waals surface area contributed by atoms with Crippen molar-refractivity contribution in [1.29, 1.82) is 0 Å². The van der Waals surface area contributed by atoms with E-state index in [0.717, 1.165) is 22.3 Å². The molecule has 2 nitrogen and oxygen atoms in total. The molecule has 4 aromatic rings. The molecule has 2 heterocycles. The average Bonchev–Trinajstić information content (AvgIpc) is 2.81. The first-order valence-electron chi connectivity index (χ1n) is 6.55. The second-order valence-electron chi connectivity index (χ2n) is 4.82. The molecule has 0 spiro atoms. The molecule has 0 aliphatic rings. The van der Waals surface area contributed by atoms with Gasteiger partial charge in [-0.3, -0.25) is 4.57 Å². The number of rotatable bonds is 1. The lowest BCUT2D eigenvalue weighted by Gasteiger charge is -2.06. The molecule has 0 N–H and O–H groups in total. The molecule has 0 saturated heterocycles. The smallest absolute Gasteiger partial charge is 0.137 e. The van der Waals surface area contributed by atoms with Crippen molar-refractivity contribution >= 4 is 35.1 Å². The number of para-hydroxylation sites is 1. The Balaban J connectivity index is 2.23. The number of hydrogen-bond donors (Lipinski definition) is 0. The zero-order valence-corrected chi connectivity index (χ0v) is 10.8. The lowest BCUT2D eigenvalue weighted by molar-refractivity contribution is 1.08. The van der Waals surface area contributed by atoms with E-state index in [-0.39, 0.29) is 0 Å². The summed E-state index contributed by atoms with van der Waals surface area (Å²) in [6, 6.07) is 20.3. The minimum Gasteiger partial charge on any atom is -0.294 e. The fraction of sp³-hybridized carbons (Fsp3) is 0. The van der Waals surface area contributed by atoms with E-state index in [0.29, 0.717) is 0 Å². The molecule has 0 atom stereocenters. The van der Waals surface area contributed by atoms with Gasteiger partial charge in [-0.2, -0.15) is 0 Å². The normalized spacial score (nSPS) is 11.2. The van der Waals surface area contributed by atoms with Crippen molar-refractivity contribution in [2.45, 2.75) is 0 Å². The summed E-state index contributed by atoms with van der Waals surface area (Å²) in [4.78, 5) is 4.47. The van der Waals surface area contributed by atoms with E-state index in [4.69, 9.17) is 7.85 Å². The SMILES string of the molecule is [B]c1ccc2c3ccccc3n(-c3ccccn3)c2c1. The van der Waals surface area contributed by atoms with Crippen molar-refractivity contribution in [3.63, 3.8) is 0 Å². The van der Waals surface area contributed by atoms with E-state index in [1.54, 1.807) is 0 Å². The Morgan fingerprint density at radius 1 is 0.800 bits per heavy atom. The van der Waals surface area contributed by atoms with Crippen LogP contribution in [0.15, 0.2) is 66.9 Å². The van der Waals surface area contributed by atoms with Crippen LogP contribution in [0.2, 0.25) is 0 Å². The third kappa shape index (κ3) is 1.56. The van der Waals surface area contributed by atoms with Crippen molar-refractivity contribution in [3.8, 4) is 5.82 Å². The molecule has 3 heteroatoms. The lowest BCUT2D eigenvalue weighted by Crippen LogP contribution is -2.02. The molecule has 0 aliphatic heterocycles. The number of benzene rings is 2. The third-order valence-corrected chi connectivity index (χ3v) is 3.58. The first-order chi connectivity index (χ1) is 9.84. The van der Waals surface area contributed by atoms with Crippen LogP contribution >= 0.6 is 0 Å². The van der Waals surface area contributed by atoms with Gasteiger partial charge in [0.25, 0.3) is 0 Å². The maximum absolute atomic E-state index is 5.96. The Labute approximate surface area is 118 Å². The summed E-state index contributed by atoms with van der Waals surface area (Å²) in [5.41, 5.74) is 2.99. The van der Waals surface area contributed by atoms with Crippen LogP contribution in [0.25, 0.3) is 27.6 Å². The van der Waals surface area contributed by atoms with Gasteiger partial charge in [-0.1, -0.05) is 41.9 Å². The zero-order chi connectivity index (χ0) is 13.5. The number of aromatic nitrogens is 2. The number of nitrogens with zero attached hydrogens (tertiary/aromatic N) is 2. The van der Waals surface area contributed by atoms with Gasteiger partial charge in [-0.25, -0.2) is 4.98 Å². The molecular weight excluding hydrogens is 243 g/mol. The fourth-order valence-electron chi connectivity index (χ4n) is 2.72. The number of hydrogen-bond acceptors (Lipinski definition) is 1. The molecule has 2 aromatic carbocycles. The monoisotopic (exact) mass is 254 g/mol. The third-order valence-electron chi connectivity index (χ3n) is 3.58. The topological polar surface area (TPSA) is 17.8 Å². The average molecular weight is 254 g/mol. The molecule has 20 heavy (non-hydrogen) atoms. The van der Waals surface area contributed by atoms with Crippen molar-refractivity contribution < 1.29 is 0 Å². The van der Waals surface area contributed by atoms with Crippen molar-refractivity contribution in [2.24, 2.45) is 0 Å². The first kappa shape index (κ1) is 11.3. The Hall–Kier alpha value is -2.55. The molecule has 0 fully saturated rings. The van der Waals surface area contributed by atoms with Crippen LogP contribution in [0.5, 0.6) is 0 Å². The van der Waals surface area contributed by atoms with Crippen LogP contribution in [-0.4, -0.2) is 17.4 Å². The molecule has 92 valence electrons. The molecule has 2 radical (unpaired) electrons. The summed E-state index contributed by atoms with van der Waals surface area (Å²) in [5, 5.41) is 2.41. The van der Waals surface area contributed by atoms with Crippen molar-refractivity contribution in [1.82, 2.24) is 9.55 Å². The van der Waals surface area contributed by atoms with Gasteiger partial charge in [-0.05, 0) is 24.3 Å². The minimum atomic E-state index is 0.762. The van der Waals surface area contributed by atoms with Gasteiger partial charge in [0.05, 0.1) is 11.0 Å². The predicted molar refractivity (Wildman–Crippen MR) is 84.0 cm³/mol. The summed E-state index contributed by atoms with van der Waals surface area (Å²) in [6.07, 6.45) is 1.81. The second kappa shape index (κ2) is 4.24. The van der Waals surface area contributed by atoms with Crippen LogP contribution in [-0.2, 0) is 0 Å². The van der Waals surface area contributed by atoms with Gasteiger partial charge in [0.2, 0.25) is 0 Å². The second-order valence-corrected chi connectivity index (χ2v) is 4.82. The van der Waals surface area contributed by atoms with E-state index >= 15 is 0 Å². The highest BCUT2D eigenvalue weighted by molar-refractivity contribution is 6.33. The zero-order valence-electron chi connectivity index (χ0n) is 10.8. The Bertz CT molecular complexity index is 910. The van der Waals surface area contributed by atoms with Gasteiger partial charge in [-0.15, -0.1) is 0 Å². The summed E-state index contributed by atoms with van der Waals surface area (Å²) in [5.74, 6) is 0.907. The largest absolute Gasteiger partial charge is 0.294 e. The van der Waals surface area contributed by atoms with E-state index in [9.17, 15) is 0 Å². The molecule has 0 aliphatic carbocycles. The summed E-state index contributed by atoms with van der Waals surface area (Å²) >= 11 is 0. The maximum Gasteiger partial charge on any atom is 0.137 e. The molecule has 0 bridgehead atoms. The van der Waals surface area contributed by atoms with Crippen molar-refractivity contribution in [3.05, 3.63) is 66.9 Å². The van der Waals surface area contributed by atoms with E-state index < -0.39 is 0 Å². The molecule has 4 rings (SSSR count). The molecular formula is C17H11BN2. The number of fused-ring (bicyclic) bond motifs is 3. The van der Waals surface area contributed by atoms with Crippen LogP contribution in [0.3, 0.4) is 0 Å². The highest BCUT2D eigenvalue weighted by atomic mass is 15.1. The van der Waals surface area contributed by atoms with Crippen LogP contribution in [0.1, 0.15) is 0 Å². The van der Waals surface area contributed by atoms with Gasteiger partial charge in [0.1, 0.15) is 13.7 Å². The fourth-order valence-corrected chi connectivity index (χ4v) is 2.72. The van der Waals surface area contributed by atoms with Gasteiger partial charge < -0.3 is 0 Å². The first-order valence-corrected chi connectivity index (χ1v) is 6.55. The summed E-state index contributed by atoms with van der Waals surface area (Å²) in [6.45, 7) is 0. The molecule has 0 unspecified atom stereocenters. The summed E-state index contributed by atoms with van der Waals surface area (Å²) < 4.78 is 2.15. The van der Waals surface area contributed by atoms with E-state index in [1.165, 1.54) is 10.8 Å². The van der Waals surface area contributed by atoms with Crippen LogP contribution < -0.4 is 5.46 Å². The number of pyridine rings is 1. The maximum atomic E-state index is 5.96. The minimum absolute atomic E-state index is 0.762. The quantitative estimate of drug-likeness (QED) is 0.477. The molecule has 0 amide bonds. The predicted octanol–water partition coefficient (Wildman–Crippen LogP) is 2.97. The lowest BCUT2D eigenvalue weighted by atomic mass is 9.95. The van der Waals surface area contributed by atoms with Gasteiger partial charge in [0, 0.05) is 17.0 Å². The highest BCUT2D eigenvalue weighted by Crippen LogP contribution is 2.30. The Kier molecular flexibility index (Phi) is 2.39.